The van der Waals surface area contributed by atoms with Crippen molar-refractivity contribution in [3.05, 3.63) is 11.7 Å². The van der Waals surface area contributed by atoms with Crippen LogP contribution in [0.2, 0.25) is 0 Å². The van der Waals surface area contributed by atoms with Crippen molar-refractivity contribution in [2.45, 2.75) is 33.1 Å². The van der Waals surface area contributed by atoms with E-state index in [-0.39, 0.29) is 24.2 Å². The first-order valence-corrected chi connectivity index (χ1v) is 6.83. The molecule has 2 heterocycles. The zero-order chi connectivity index (χ0) is 14.5. The topological polar surface area (TPSA) is 85.5 Å². The van der Waals surface area contributed by atoms with Crippen LogP contribution >= 0.6 is 0 Å². The number of carbonyl (C=O) groups is 2. The zero-order valence-corrected chi connectivity index (χ0v) is 11.8. The normalized spacial score (nSPS) is 18.9. The maximum atomic E-state index is 12.1. The highest BCUT2D eigenvalue weighted by Gasteiger charge is 2.29. The minimum Gasteiger partial charge on any atom is -0.466 e. The Morgan fingerprint density at radius 3 is 2.95 bits per heavy atom. The largest absolute Gasteiger partial charge is 0.466 e. The Morgan fingerprint density at radius 2 is 2.30 bits per heavy atom. The summed E-state index contributed by atoms with van der Waals surface area (Å²) in [6, 6.07) is 0. The highest BCUT2D eigenvalue weighted by molar-refractivity contribution is 5.79. The van der Waals surface area contributed by atoms with E-state index in [9.17, 15) is 9.59 Å². The van der Waals surface area contributed by atoms with Gasteiger partial charge in [0.05, 0.1) is 12.5 Å². The molecule has 110 valence electrons. The average Bonchev–Trinajstić information content (AvgIpc) is 2.84. The van der Waals surface area contributed by atoms with E-state index >= 15 is 0 Å². The third-order valence-corrected chi connectivity index (χ3v) is 3.27. The first-order chi connectivity index (χ1) is 9.60. The molecule has 7 heteroatoms. The number of hydrogen-bond donors (Lipinski definition) is 0. The van der Waals surface area contributed by atoms with Crippen molar-refractivity contribution in [2.75, 3.05) is 19.7 Å². The minimum atomic E-state index is -0.225. The Kier molecular flexibility index (Phi) is 4.70. The number of aryl methyl sites for hydroxylation is 1. The first kappa shape index (κ1) is 14.5. The zero-order valence-electron chi connectivity index (χ0n) is 11.8. The molecule has 0 spiro atoms. The van der Waals surface area contributed by atoms with Crippen LogP contribution in [0.5, 0.6) is 0 Å². The van der Waals surface area contributed by atoms with Gasteiger partial charge < -0.3 is 14.2 Å². The Labute approximate surface area is 117 Å². The molecular weight excluding hydrogens is 262 g/mol. The number of rotatable bonds is 4. The molecule has 20 heavy (non-hydrogen) atoms. The second-order valence-corrected chi connectivity index (χ2v) is 4.84. The molecule has 1 fully saturated rings. The van der Waals surface area contributed by atoms with Gasteiger partial charge in [-0.15, -0.1) is 0 Å². The molecule has 0 aliphatic carbocycles. The van der Waals surface area contributed by atoms with Gasteiger partial charge in [0.2, 0.25) is 11.8 Å². The van der Waals surface area contributed by atoms with Gasteiger partial charge in [-0.1, -0.05) is 5.16 Å². The Bertz CT molecular complexity index is 486. The van der Waals surface area contributed by atoms with Crippen LogP contribution in [0.15, 0.2) is 4.52 Å². The smallest absolute Gasteiger partial charge is 0.310 e. The molecule has 2 rings (SSSR count). The average molecular weight is 281 g/mol. The van der Waals surface area contributed by atoms with Crippen LogP contribution in [0.3, 0.4) is 0 Å². The maximum absolute atomic E-state index is 12.1. The molecule has 1 unspecified atom stereocenters. The quantitative estimate of drug-likeness (QED) is 0.756. The van der Waals surface area contributed by atoms with Gasteiger partial charge in [0.1, 0.15) is 6.42 Å². The summed E-state index contributed by atoms with van der Waals surface area (Å²) < 4.78 is 9.95. The van der Waals surface area contributed by atoms with Gasteiger partial charge in [0, 0.05) is 13.1 Å². The van der Waals surface area contributed by atoms with Gasteiger partial charge in [-0.2, -0.15) is 4.98 Å². The predicted octanol–water partition coefficient (Wildman–Crippen LogP) is 0.722. The van der Waals surface area contributed by atoms with E-state index in [1.807, 2.05) is 0 Å². The summed E-state index contributed by atoms with van der Waals surface area (Å²) in [4.78, 5) is 29.6. The summed E-state index contributed by atoms with van der Waals surface area (Å²) in [5, 5.41) is 3.65. The molecule has 0 aromatic carbocycles. The van der Waals surface area contributed by atoms with Gasteiger partial charge in [0.15, 0.2) is 5.82 Å². The van der Waals surface area contributed by atoms with Crippen LogP contribution in [-0.4, -0.2) is 46.6 Å². The van der Waals surface area contributed by atoms with Crippen molar-refractivity contribution < 1.29 is 18.8 Å². The van der Waals surface area contributed by atoms with Crippen LogP contribution in [0.25, 0.3) is 0 Å². The Balaban J connectivity index is 1.91. The molecule has 1 atom stereocenters. The number of aromatic nitrogens is 2. The maximum Gasteiger partial charge on any atom is 0.310 e. The van der Waals surface area contributed by atoms with Crippen molar-refractivity contribution >= 4 is 11.9 Å². The van der Waals surface area contributed by atoms with Gasteiger partial charge in [-0.05, 0) is 26.7 Å². The highest BCUT2D eigenvalue weighted by atomic mass is 16.5. The fourth-order valence-electron chi connectivity index (χ4n) is 2.31. The van der Waals surface area contributed by atoms with Gasteiger partial charge >= 0.3 is 5.97 Å². The molecule has 1 aromatic rings. The van der Waals surface area contributed by atoms with Crippen LogP contribution in [0.4, 0.5) is 0 Å². The van der Waals surface area contributed by atoms with Crippen LogP contribution in [0, 0.1) is 12.8 Å². The third-order valence-electron chi connectivity index (χ3n) is 3.27. The summed E-state index contributed by atoms with van der Waals surface area (Å²) in [5.74, 6) is 0.278. The molecule has 0 radical (unpaired) electrons. The van der Waals surface area contributed by atoms with Gasteiger partial charge in [-0.25, -0.2) is 0 Å². The molecule has 0 bridgehead atoms. The summed E-state index contributed by atoms with van der Waals surface area (Å²) >= 11 is 0. The SMILES string of the molecule is CCOC(=O)C1CCCN(C(=O)Cc2nc(C)no2)C1. The molecule has 1 saturated heterocycles. The first-order valence-electron chi connectivity index (χ1n) is 6.83. The number of esters is 1. The van der Waals surface area contributed by atoms with E-state index in [0.29, 0.717) is 31.4 Å². The van der Waals surface area contributed by atoms with Crippen LogP contribution in [-0.2, 0) is 20.7 Å². The molecule has 1 aliphatic rings. The van der Waals surface area contributed by atoms with E-state index in [1.165, 1.54) is 0 Å². The fourth-order valence-corrected chi connectivity index (χ4v) is 2.31. The second kappa shape index (κ2) is 6.49. The highest BCUT2D eigenvalue weighted by Crippen LogP contribution is 2.18. The van der Waals surface area contributed by atoms with E-state index in [0.717, 1.165) is 12.8 Å². The van der Waals surface area contributed by atoms with Crippen molar-refractivity contribution in [3.8, 4) is 0 Å². The third kappa shape index (κ3) is 3.55. The second-order valence-electron chi connectivity index (χ2n) is 4.84. The van der Waals surface area contributed by atoms with E-state index in [4.69, 9.17) is 9.26 Å². The van der Waals surface area contributed by atoms with Crippen molar-refractivity contribution in [3.63, 3.8) is 0 Å². The lowest BCUT2D eigenvalue weighted by molar-refractivity contribution is -0.151. The summed E-state index contributed by atoms with van der Waals surface area (Å²) in [5.41, 5.74) is 0. The molecule has 0 N–H and O–H groups in total. The van der Waals surface area contributed by atoms with Crippen LogP contribution in [0.1, 0.15) is 31.5 Å². The number of amides is 1. The van der Waals surface area contributed by atoms with E-state index in [2.05, 4.69) is 10.1 Å². The monoisotopic (exact) mass is 281 g/mol. The van der Waals surface area contributed by atoms with Crippen molar-refractivity contribution in [1.29, 1.82) is 0 Å². The number of carbonyl (C=O) groups excluding carboxylic acids is 2. The number of ether oxygens (including phenoxy) is 1. The number of likely N-dealkylation sites (tertiary alicyclic amines) is 1. The summed E-state index contributed by atoms with van der Waals surface area (Å²) in [6.07, 6.45) is 1.65. The van der Waals surface area contributed by atoms with Crippen LogP contribution < -0.4 is 0 Å². The molecule has 0 saturated carbocycles. The molecule has 1 amide bonds. The molecular formula is C13H19N3O4. The Hall–Kier alpha value is -1.92. The van der Waals surface area contributed by atoms with Gasteiger partial charge in [-0.3, -0.25) is 9.59 Å². The Morgan fingerprint density at radius 1 is 1.50 bits per heavy atom. The standard InChI is InChI=1S/C13H19N3O4/c1-3-19-13(18)10-5-4-6-16(8-10)12(17)7-11-14-9(2)15-20-11/h10H,3-8H2,1-2H3. The summed E-state index contributed by atoms with van der Waals surface area (Å²) in [7, 11) is 0. The lowest BCUT2D eigenvalue weighted by Gasteiger charge is -2.31. The molecule has 1 aromatic heterocycles. The molecule has 7 nitrogen and oxygen atoms in total. The predicted molar refractivity (Wildman–Crippen MR) is 68.7 cm³/mol. The number of nitrogens with zero attached hydrogens (tertiary/aromatic N) is 3. The van der Waals surface area contributed by atoms with Crippen molar-refractivity contribution in [1.82, 2.24) is 15.0 Å². The lowest BCUT2D eigenvalue weighted by Crippen LogP contribution is -2.43. The van der Waals surface area contributed by atoms with E-state index in [1.54, 1.807) is 18.7 Å². The van der Waals surface area contributed by atoms with Gasteiger partial charge in [0.25, 0.3) is 0 Å². The molecule has 1 aliphatic heterocycles. The summed E-state index contributed by atoms with van der Waals surface area (Å²) in [6.45, 7) is 4.91. The number of hydrogen-bond acceptors (Lipinski definition) is 6. The fraction of sp³-hybridized carbons (Fsp3) is 0.692. The number of piperidine rings is 1. The van der Waals surface area contributed by atoms with E-state index < -0.39 is 0 Å². The van der Waals surface area contributed by atoms with Crippen molar-refractivity contribution in [2.24, 2.45) is 5.92 Å². The lowest BCUT2D eigenvalue weighted by atomic mass is 9.98. The minimum absolute atomic E-state index is 0.0797.